The summed E-state index contributed by atoms with van der Waals surface area (Å²) in [4.78, 5) is 12.1. The van der Waals surface area contributed by atoms with Gasteiger partial charge in [-0.1, -0.05) is 50.8 Å². The molecule has 0 aromatic carbocycles. The highest BCUT2D eigenvalue weighted by molar-refractivity contribution is 5.87. The lowest BCUT2D eigenvalue weighted by atomic mass is 9.98. The van der Waals surface area contributed by atoms with E-state index in [4.69, 9.17) is 0 Å². The second-order valence-electron chi connectivity index (χ2n) is 7.64. The van der Waals surface area contributed by atoms with Crippen LogP contribution in [0.15, 0.2) is 79.8 Å². The molecule has 0 unspecified atom stereocenters. The molecule has 0 aliphatic carbocycles. The third-order valence-corrected chi connectivity index (χ3v) is 5.44. The van der Waals surface area contributed by atoms with E-state index in [1.54, 1.807) is 6.20 Å². The van der Waals surface area contributed by atoms with E-state index in [9.17, 15) is 0 Å². The summed E-state index contributed by atoms with van der Waals surface area (Å²) >= 11 is 0. The Morgan fingerprint density at radius 3 is 2.46 bits per heavy atom. The molecule has 0 radical (unpaired) electrons. The first-order valence-corrected chi connectivity index (χ1v) is 11.9. The lowest BCUT2D eigenvalue weighted by molar-refractivity contribution is 1.06. The van der Waals surface area contributed by atoms with E-state index >= 15 is 0 Å². The molecule has 4 rings (SSSR count). The van der Waals surface area contributed by atoms with Crippen LogP contribution in [-0.4, -0.2) is 25.1 Å². The first kappa shape index (κ1) is 25.4. The van der Waals surface area contributed by atoms with Crippen molar-refractivity contribution in [3.63, 3.8) is 0 Å². The Hall–Kier alpha value is -4.25. The van der Waals surface area contributed by atoms with Gasteiger partial charge in [0.1, 0.15) is 5.69 Å². The lowest BCUT2D eigenvalue weighted by Crippen LogP contribution is -2.23. The first-order chi connectivity index (χ1) is 17.1. The van der Waals surface area contributed by atoms with Gasteiger partial charge in [-0.05, 0) is 73.9 Å². The van der Waals surface area contributed by atoms with Gasteiger partial charge in [0.25, 0.3) is 0 Å². The van der Waals surface area contributed by atoms with Crippen molar-refractivity contribution in [2.24, 2.45) is 0 Å². The van der Waals surface area contributed by atoms with Crippen LogP contribution in [0.3, 0.4) is 0 Å². The lowest BCUT2D eigenvalue weighted by Gasteiger charge is -2.06. The number of aryl methyl sites for hydroxylation is 1. The normalized spacial score (nSPS) is 12.7. The molecule has 35 heavy (non-hydrogen) atoms. The molecule has 5 heteroatoms. The summed E-state index contributed by atoms with van der Waals surface area (Å²) in [6.45, 7) is 14.3. The monoisotopic (exact) mass is 463 g/mol. The fraction of sp³-hybridized carbons (Fsp3) is 0.167. The molecular formula is C30H33N5. The first-order valence-electron chi connectivity index (χ1n) is 11.9. The molecule has 4 aromatic rings. The van der Waals surface area contributed by atoms with Gasteiger partial charge in [-0.15, -0.1) is 0 Å². The Kier molecular flexibility index (Phi) is 8.90. The van der Waals surface area contributed by atoms with Gasteiger partial charge in [0, 0.05) is 35.1 Å². The minimum atomic E-state index is 0.829. The van der Waals surface area contributed by atoms with E-state index in [0.29, 0.717) is 0 Å². The molecule has 4 aromatic heterocycles. The molecule has 0 bridgehead atoms. The number of nitrogens with zero attached hydrogens (tertiary/aromatic N) is 3. The Bertz CT molecular complexity index is 1440. The van der Waals surface area contributed by atoms with Gasteiger partial charge in [0.15, 0.2) is 0 Å². The fourth-order valence-corrected chi connectivity index (χ4v) is 3.77. The summed E-state index contributed by atoms with van der Waals surface area (Å²) < 4.78 is 0. The van der Waals surface area contributed by atoms with E-state index in [1.165, 1.54) is 0 Å². The van der Waals surface area contributed by atoms with Crippen molar-refractivity contribution in [3.05, 3.63) is 113 Å². The molecule has 0 aliphatic rings. The SMILES string of the molecule is C=C(/C=c1/c(-c2cc(/C(=C\C=C/C)c3ccncc3)c(C)[nH]2)n[nH]/c1=C/C)c1ccccn1.CC. The zero-order valence-corrected chi connectivity index (χ0v) is 21.1. The molecule has 0 atom stereocenters. The molecule has 5 nitrogen and oxygen atoms in total. The van der Waals surface area contributed by atoms with Crippen LogP contribution in [0.25, 0.3) is 34.7 Å². The van der Waals surface area contributed by atoms with Crippen LogP contribution in [-0.2, 0) is 0 Å². The number of aromatic nitrogens is 5. The third-order valence-electron chi connectivity index (χ3n) is 5.44. The minimum absolute atomic E-state index is 0.829. The molecular weight excluding hydrogens is 430 g/mol. The van der Waals surface area contributed by atoms with E-state index in [2.05, 4.69) is 56.9 Å². The molecule has 0 fully saturated rings. The van der Waals surface area contributed by atoms with Crippen molar-refractivity contribution < 1.29 is 0 Å². The quantitative estimate of drug-likeness (QED) is 0.353. The van der Waals surface area contributed by atoms with Gasteiger partial charge < -0.3 is 4.98 Å². The molecule has 0 aliphatic heterocycles. The zero-order chi connectivity index (χ0) is 25.2. The maximum Gasteiger partial charge on any atom is 0.116 e. The van der Waals surface area contributed by atoms with Crippen molar-refractivity contribution >= 4 is 23.3 Å². The number of hydrogen-bond donors (Lipinski definition) is 2. The summed E-state index contributed by atoms with van der Waals surface area (Å²) in [5.74, 6) is 0. The molecule has 178 valence electrons. The van der Waals surface area contributed by atoms with Crippen molar-refractivity contribution in [2.75, 3.05) is 0 Å². The largest absolute Gasteiger partial charge is 0.357 e. The Balaban J connectivity index is 0.00000167. The summed E-state index contributed by atoms with van der Waals surface area (Å²) in [6.07, 6.45) is 15.7. The van der Waals surface area contributed by atoms with Gasteiger partial charge in [0.05, 0.1) is 16.7 Å². The average molecular weight is 464 g/mol. The standard InChI is InChI=1S/C28H27N5.C2H6/c1-5-7-10-22(21-12-15-29-16-13-21)23-18-27(31-20(23)4)28-24(25(6-2)32-33-28)17-19(3)26-11-8-9-14-30-26;1-2/h5-18,31-32H,3H2,1-2,4H3;1-2H3/b7-5-,22-10-,24-17+,25-6+;. The summed E-state index contributed by atoms with van der Waals surface area (Å²) in [6, 6.07) is 12.0. The number of rotatable bonds is 6. The number of H-pyrrole nitrogens is 2. The van der Waals surface area contributed by atoms with Crippen LogP contribution in [0.5, 0.6) is 0 Å². The number of nitrogens with one attached hydrogen (secondary N) is 2. The Morgan fingerprint density at radius 2 is 1.80 bits per heavy atom. The van der Waals surface area contributed by atoms with Gasteiger partial charge in [0.2, 0.25) is 0 Å². The Morgan fingerprint density at radius 1 is 1.03 bits per heavy atom. The highest BCUT2D eigenvalue weighted by Gasteiger charge is 2.15. The molecule has 0 amide bonds. The number of pyridine rings is 2. The van der Waals surface area contributed by atoms with Crippen LogP contribution in [0.2, 0.25) is 0 Å². The van der Waals surface area contributed by atoms with Crippen molar-refractivity contribution in [1.29, 1.82) is 0 Å². The van der Waals surface area contributed by atoms with E-state index in [-0.39, 0.29) is 0 Å². The van der Waals surface area contributed by atoms with Gasteiger partial charge in [-0.25, -0.2) is 0 Å². The maximum atomic E-state index is 4.63. The molecule has 0 spiro atoms. The third kappa shape index (κ3) is 5.82. The summed E-state index contributed by atoms with van der Waals surface area (Å²) in [5, 5.41) is 9.70. The highest BCUT2D eigenvalue weighted by Crippen LogP contribution is 2.29. The Labute approximate surface area is 207 Å². The van der Waals surface area contributed by atoms with E-state index in [0.717, 1.165) is 55.6 Å². The smallest absolute Gasteiger partial charge is 0.116 e. The van der Waals surface area contributed by atoms with Crippen LogP contribution in [0.1, 0.15) is 50.2 Å². The molecule has 0 saturated carbocycles. The number of allylic oxidation sites excluding steroid dienone is 4. The fourth-order valence-electron chi connectivity index (χ4n) is 3.77. The maximum absolute atomic E-state index is 4.63. The van der Waals surface area contributed by atoms with Crippen LogP contribution < -0.4 is 10.6 Å². The van der Waals surface area contributed by atoms with Crippen LogP contribution in [0, 0.1) is 6.92 Å². The average Bonchev–Trinajstić information content (AvgIpc) is 3.49. The van der Waals surface area contributed by atoms with Gasteiger partial charge in [-0.2, -0.15) is 5.10 Å². The second-order valence-corrected chi connectivity index (χ2v) is 7.64. The summed E-state index contributed by atoms with van der Waals surface area (Å²) in [5.41, 5.74) is 7.86. The minimum Gasteiger partial charge on any atom is -0.357 e. The van der Waals surface area contributed by atoms with Crippen molar-refractivity contribution in [1.82, 2.24) is 25.1 Å². The molecule has 4 heterocycles. The second kappa shape index (κ2) is 12.3. The van der Waals surface area contributed by atoms with E-state index in [1.807, 2.05) is 88.6 Å². The topological polar surface area (TPSA) is 70.2 Å². The van der Waals surface area contributed by atoms with Gasteiger partial charge >= 0.3 is 0 Å². The van der Waals surface area contributed by atoms with E-state index < -0.39 is 0 Å². The highest BCUT2D eigenvalue weighted by atomic mass is 15.1. The molecule has 2 N–H and O–H groups in total. The van der Waals surface area contributed by atoms with Crippen molar-refractivity contribution in [3.8, 4) is 11.4 Å². The predicted molar refractivity (Wildman–Crippen MR) is 148 cm³/mol. The molecule has 0 saturated heterocycles. The van der Waals surface area contributed by atoms with Crippen LogP contribution >= 0.6 is 0 Å². The predicted octanol–water partition coefficient (Wildman–Crippen LogP) is 5.83. The summed E-state index contributed by atoms with van der Waals surface area (Å²) in [7, 11) is 0. The zero-order valence-electron chi connectivity index (χ0n) is 21.1. The van der Waals surface area contributed by atoms with Crippen molar-refractivity contribution in [2.45, 2.75) is 34.6 Å². The van der Waals surface area contributed by atoms with Gasteiger partial charge in [-0.3, -0.25) is 15.1 Å². The van der Waals surface area contributed by atoms with Crippen LogP contribution in [0.4, 0.5) is 0 Å². The number of hydrogen-bond acceptors (Lipinski definition) is 3. The number of aromatic amines is 2.